The van der Waals surface area contributed by atoms with Crippen molar-refractivity contribution in [2.45, 2.75) is 57.7 Å². The minimum atomic E-state index is -0.00949. The molecule has 0 spiro atoms. The van der Waals surface area contributed by atoms with Gasteiger partial charge in [-0.1, -0.05) is 18.9 Å². The minimum absolute atomic E-state index is 0.00949. The zero-order valence-corrected chi connectivity index (χ0v) is 20.8. The molecule has 1 saturated carbocycles. The number of benzene rings is 1. The fourth-order valence-corrected chi connectivity index (χ4v) is 6.03. The van der Waals surface area contributed by atoms with Gasteiger partial charge >= 0.3 is 0 Å². The van der Waals surface area contributed by atoms with E-state index in [2.05, 4.69) is 90.1 Å². The third-order valence-electron chi connectivity index (χ3n) is 7.27. The number of nitrogens with zero attached hydrogens (tertiary/aromatic N) is 4. The maximum atomic E-state index is 5.92. The lowest BCUT2D eigenvalue weighted by molar-refractivity contribution is 0.494. The Bertz CT molecular complexity index is 1130. The van der Waals surface area contributed by atoms with E-state index < -0.39 is 0 Å². The van der Waals surface area contributed by atoms with Crippen LogP contribution in [0.5, 0.6) is 0 Å². The molecule has 1 N–H and O–H groups in total. The normalized spacial score (nSPS) is 21.0. The van der Waals surface area contributed by atoms with Crippen molar-refractivity contribution in [2.24, 2.45) is 0 Å². The zero-order valence-electron chi connectivity index (χ0n) is 20.0. The van der Waals surface area contributed by atoms with E-state index in [1.807, 2.05) is 12.3 Å². The van der Waals surface area contributed by atoms with Crippen LogP contribution >= 0.6 is 12.2 Å². The second kappa shape index (κ2) is 8.82. The lowest BCUT2D eigenvalue weighted by Crippen LogP contribution is -2.29. The smallest absolute Gasteiger partial charge is 0.174 e. The largest absolute Gasteiger partial charge is 0.378 e. The van der Waals surface area contributed by atoms with Crippen LogP contribution in [-0.2, 0) is 0 Å². The van der Waals surface area contributed by atoms with Crippen molar-refractivity contribution in [3.05, 3.63) is 77.4 Å². The van der Waals surface area contributed by atoms with Crippen LogP contribution in [0.25, 0.3) is 0 Å². The predicted octanol–water partition coefficient (Wildman–Crippen LogP) is 5.86. The summed E-state index contributed by atoms with van der Waals surface area (Å²) in [6.45, 7) is 4.53. The summed E-state index contributed by atoms with van der Waals surface area (Å²) in [7, 11) is 4.13. The Morgan fingerprint density at radius 1 is 1.03 bits per heavy atom. The molecule has 0 radical (unpaired) electrons. The van der Waals surface area contributed by atoms with Crippen LogP contribution in [-0.4, -0.2) is 28.8 Å². The summed E-state index contributed by atoms with van der Waals surface area (Å²) >= 11 is 5.92. The van der Waals surface area contributed by atoms with Crippen molar-refractivity contribution in [2.75, 3.05) is 23.9 Å². The van der Waals surface area contributed by atoms with Gasteiger partial charge in [0, 0.05) is 49.1 Å². The van der Waals surface area contributed by atoms with E-state index in [4.69, 9.17) is 17.2 Å². The number of thiocarbonyl (C=S) groups is 1. The van der Waals surface area contributed by atoms with Gasteiger partial charge in [0.2, 0.25) is 0 Å². The summed E-state index contributed by atoms with van der Waals surface area (Å²) in [6.07, 6.45) is 7.07. The number of pyridine rings is 1. The van der Waals surface area contributed by atoms with Gasteiger partial charge in [0.1, 0.15) is 0 Å². The third-order valence-corrected chi connectivity index (χ3v) is 7.59. The minimum Gasteiger partial charge on any atom is -0.378 e. The van der Waals surface area contributed by atoms with Crippen LogP contribution in [0.3, 0.4) is 0 Å². The van der Waals surface area contributed by atoms with E-state index in [-0.39, 0.29) is 12.1 Å². The maximum Gasteiger partial charge on any atom is 0.174 e. The molecule has 0 amide bonds. The predicted molar refractivity (Wildman–Crippen MR) is 140 cm³/mol. The maximum absolute atomic E-state index is 5.92. The number of nitrogens with one attached hydrogen (secondary N) is 1. The molecule has 33 heavy (non-hydrogen) atoms. The van der Waals surface area contributed by atoms with Crippen molar-refractivity contribution in [3.63, 3.8) is 0 Å². The molecule has 1 aliphatic heterocycles. The van der Waals surface area contributed by atoms with Gasteiger partial charge in [-0.25, -0.2) is 0 Å². The molecule has 2 aromatic heterocycles. The molecule has 2 atom stereocenters. The van der Waals surface area contributed by atoms with Crippen LogP contribution in [0, 0.1) is 13.8 Å². The van der Waals surface area contributed by atoms with Gasteiger partial charge in [0.25, 0.3) is 0 Å². The molecule has 2 fully saturated rings. The van der Waals surface area contributed by atoms with Crippen LogP contribution in [0.1, 0.15) is 66.5 Å². The molecule has 3 aromatic rings. The van der Waals surface area contributed by atoms with Crippen molar-refractivity contribution in [1.29, 1.82) is 0 Å². The summed E-state index contributed by atoms with van der Waals surface area (Å²) in [4.78, 5) is 9.12. The number of rotatable bonds is 5. The Balaban J connectivity index is 1.62. The average Bonchev–Trinajstić information content (AvgIpc) is 3.52. The molecule has 6 heteroatoms. The molecule has 1 aromatic carbocycles. The van der Waals surface area contributed by atoms with Crippen molar-refractivity contribution in [3.8, 4) is 0 Å². The topological polar surface area (TPSA) is 36.3 Å². The van der Waals surface area contributed by atoms with Crippen LogP contribution < -0.4 is 15.1 Å². The summed E-state index contributed by atoms with van der Waals surface area (Å²) in [5, 5.41) is 4.35. The second-order valence-electron chi connectivity index (χ2n) is 9.54. The van der Waals surface area contributed by atoms with Crippen molar-refractivity contribution >= 4 is 28.7 Å². The third kappa shape index (κ3) is 3.90. The quantitative estimate of drug-likeness (QED) is 0.484. The summed E-state index contributed by atoms with van der Waals surface area (Å²) in [6, 6.07) is 17.8. The van der Waals surface area contributed by atoms with Gasteiger partial charge in [0.15, 0.2) is 5.11 Å². The lowest BCUT2D eigenvalue weighted by Gasteiger charge is -2.29. The Kier molecular flexibility index (Phi) is 5.87. The number of hydrogen-bond acceptors (Lipinski definition) is 3. The van der Waals surface area contributed by atoms with Gasteiger partial charge in [-0.2, -0.15) is 0 Å². The SMILES string of the molecule is Cc1cc([C@H]2[C@@H](c3ccccn3)NC(=S)N2c2ccc(N(C)C)cc2)c(C)n1C1CCCC1. The van der Waals surface area contributed by atoms with Crippen molar-refractivity contribution in [1.82, 2.24) is 14.9 Å². The molecule has 1 saturated heterocycles. The molecule has 1 aliphatic carbocycles. The van der Waals surface area contributed by atoms with Crippen LogP contribution in [0.2, 0.25) is 0 Å². The highest BCUT2D eigenvalue weighted by Crippen LogP contribution is 2.45. The van der Waals surface area contributed by atoms with E-state index >= 15 is 0 Å². The summed E-state index contributed by atoms with van der Waals surface area (Å²) < 4.78 is 2.58. The Hall–Kier alpha value is -2.86. The molecule has 2 aliphatic rings. The fraction of sp³-hybridized carbons (Fsp3) is 0.407. The summed E-state index contributed by atoms with van der Waals surface area (Å²) in [5.74, 6) is 0. The van der Waals surface area contributed by atoms with Gasteiger partial charge in [0.05, 0.1) is 17.8 Å². The first-order valence-corrected chi connectivity index (χ1v) is 12.3. The highest BCUT2D eigenvalue weighted by atomic mass is 32.1. The summed E-state index contributed by atoms with van der Waals surface area (Å²) in [5.41, 5.74) is 7.32. The van der Waals surface area contributed by atoms with Crippen LogP contribution in [0.4, 0.5) is 11.4 Å². The molecular formula is C27H33N5S. The first-order chi connectivity index (χ1) is 16.0. The molecule has 172 valence electrons. The Morgan fingerprint density at radius 3 is 2.39 bits per heavy atom. The first kappa shape index (κ1) is 22.0. The average molecular weight is 460 g/mol. The number of hydrogen-bond donors (Lipinski definition) is 1. The Labute approximate surface area is 202 Å². The molecule has 0 unspecified atom stereocenters. The molecule has 0 bridgehead atoms. The van der Waals surface area contributed by atoms with Gasteiger partial charge < -0.3 is 19.7 Å². The van der Waals surface area contributed by atoms with Crippen molar-refractivity contribution < 1.29 is 0 Å². The highest BCUT2D eigenvalue weighted by Gasteiger charge is 2.42. The zero-order chi connectivity index (χ0) is 23.1. The number of anilines is 2. The standard InChI is InChI=1S/C27H33N5S/c1-18-17-23(19(2)31(18)21-9-5-6-10-21)26-25(24-11-7-8-16-28-24)29-27(33)32(26)22-14-12-20(13-15-22)30(3)4/h7-8,11-17,21,25-26H,5-6,9-10H2,1-4H3,(H,29,33)/t25-,26+/m1/s1. The number of aromatic nitrogens is 2. The molecule has 5 nitrogen and oxygen atoms in total. The van der Waals surface area contributed by atoms with Gasteiger partial charge in [-0.3, -0.25) is 4.98 Å². The monoisotopic (exact) mass is 459 g/mol. The highest BCUT2D eigenvalue weighted by molar-refractivity contribution is 7.80. The van der Waals surface area contributed by atoms with E-state index in [0.29, 0.717) is 6.04 Å². The van der Waals surface area contributed by atoms with Crippen LogP contribution in [0.15, 0.2) is 54.7 Å². The van der Waals surface area contributed by atoms with E-state index in [1.165, 1.54) is 48.3 Å². The molecule has 5 rings (SSSR count). The van der Waals surface area contributed by atoms with E-state index in [9.17, 15) is 0 Å². The number of aryl methyl sites for hydroxylation is 1. The first-order valence-electron chi connectivity index (χ1n) is 11.9. The Morgan fingerprint density at radius 2 is 1.76 bits per heavy atom. The van der Waals surface area contributed by atoms with E-state index in [0.717, 1.165) is 16.5 Å². The van der Waals surface area contributed by atoms with Gasteiger partial charge in [-0.05, 0) is 86.9 Å². The molecular weight excluding hydrogens is 426 g/mol. The van der Waals surface area contributed by atoms with Gasteiger partial charge in [-0.15, -0.1) is 0 Å². The molecule has 3 heterocycles. The van der Waals surface area contributed by atoms with E-state index in [1.54, 1.807) is 0 Å². The lowest BCUT2D eigenvalue weighted by atomic mass is 9.96. The fourth-order valence-electron chi connectivity index (χ4n) is 5.69. The second-order valence-corrected chi connectivity index (χ2v) is 9.93.